The van der Waals surface area contributed by atoms with Crippen molar-refractivity contribution in [3.63, 3.8) is 0 Å². The molecule has 0 spiro atoms. The molecule has 0 saturated heterocycles. The van der Waals surface area contributed by atoms with Crippen LogP contribution in [0.25, 0.3) is 6.08 Å². The molecule has 0 atom stereocenters. The summed E-state index contributed by atoms with van der Waals surface area (Å²) in [4.78, 5) is 27.1. The van der Waals surface area contributed by atoms with Crippen molar-refractivity contribution in [1.29, 1.82) is 0 Å². The number of carbonyl (C=O) groups excluding carboxylic acids is 1. The zero-order chi connectivity index (χ0) is 24.9. The van der Waals surface area contributed by atoms with Crippen molar-refractivity contribution in [3.8, 4) is 11.5 Å². The van der Waals surface area contributed by atoms with Gasteiger partial charge in [0.25, 0.3) is 5.69 Å². The number of esters is 1. The van der Waals surface area contributed by atoms with E-state index in [0.717, 1.165) is 9.13 Å². The highest BCUT2D eigenvalue weighted by Gasteiger charge is 2.24. The second kappa shape index (κ2) is 10.9. The van der Waals surface area contributed by atoms with Gasteiger partial charge >= 0.3 is 5.97 Å². The fourth-order valence-corrected chi connectivity index (χ4v) is 3.86. The quantitative estimate of drug-likeness (QED) is 0.100. The van der Waals surface area contributed by atoms with Gasteiger partial charge < -0.3 is 14.2 Å². The number of hydrogen-bond donors (Lipinski definition) is 0. The van der Waals surface area contributed by atoms with Crippen LogP contribution >= 0.6 is 34.2 Å². The highest BCUT2D eigenvalue weighted by Crippen LogP contribution is 2.38. The molecule has 0 radical (unpaired) electrons. The van der Waals surface area contributed by atoms with Gasteiger partial charge in [-0.05, 0) is 95.2 Å². The van der Waals surface area contributed by atoms with Gasteiger partial charge in [-0.1, -0.05) is 11.6 Å². The molecule has 8 nitrogen and oxygen atoms in total. The highest BCUT2D eigenvalue weighted by molar-refractivity contribution is 14.1. The second-order valence-electron chi connectivity index (χ2n) is 7.32. The Kier molecular flexibility index (Phi) is 7.67. The first-order chi connectivity index (χ1) is 16.8. The molecule has 0 bridgehead atoms. The Morgan fingerprint density at radius 3 is 2.49 bits per heavy atom. The number of aliphatic imine (C=N–C) groups is 1. The van der Waals surface area contributed by atoms with Crippen LogP contribution in [0.4, 0.5) is 5.69 Å². The van der Waals surface area contributed by atoms with E-state index in [4.69, 9.17) is 25.8 Å². The molecule has 10 heteroatoms. The van der Waals surface area contributed by atoms with Crippen LogP contribution in [-0.4, -0.2) is 23.4 Å². The molecular weight excluding hydrogens is 587 g/mol. The third-order valence-corrected chi connectivity index (χ3v) is 5.88. The number of nitro groups is 1. The molecule has 4 rings (SSSR count). The number of rotatable bonds is 8. The van der Waals surface area contributed by atoms with Crippen LogP contribution in [0, 0.1) is 13.7 Å². The lowest BCUT2D eigenvalue weighted by Crippen LogP contribution is -2.05. The fourth-order valence-electron chi connectivity index (χ4n) is 3.23. The van der Waals surface area contributed by atoms with Crippen molar-refractivity contribution < 1.29 is 23.9 Å². The van der Waals surface area contributed by atoms with E-state index in [-0.39, 0.29) is 28.9 Å². The van der Waals surface area contributed by atoms with Crippen LogP contribution in [0.1, 0.15) is 23.6 Å². The van der Waals surface area contributed by atoms with Crippen LogP contribution in [0.3, 0.4) is 0 Å². The topological polar surface area (TPSA) is 100 Å². The van der Waals surface area contributed by atoms with E-state index in [1.165, 1.54) is 12.1 Å². The number of benzene rings is 3. The number of cyclic esters (lactones) is 1. The van der Waals surface area contributed by atoms with Crippen molar-refractivity contribution in [2.24, 2.45) is 4.99 Å². The van der Waals surface area contributed by atoms with Crippen molar-refractivity contribution in [1.82, 2.24) is 0 Å². The Morgan fingerprint density at radius 1 is 1.11 bits per heavy atom. The first-order valence-electron chi connectivity index (χ1n) is 10.4. The second-order valence-corrected chi connectivity index (χ2v) is 8.97. The lowest BCUT2D eigenvalue weighted by Gasteiger charge is -2.14. The van der Waals surface area contributed by atoms with Gasteiger partial charge in [0.1, 0.15) is 6.61 Å². The van der Waals surface area contributed by atoms with Gasteiger partial charge in [-0.25, -0.2) is 9.79 Å². The van der Waals surface area contributed by atoms with Gasteiger partial charge in [-0.15, -0.1) is 0 Å². The van der Waals surface area contributed by atoms with Crippen LogP contribution in [0.2, 0.25) is 5.02 Å². The van der Waals surface area contributed by atoms with Gasteiger partial charge in [-0.2, -0.15) is 0 Å². The predicted molar refractivity (Wildman–Crippen MR) is 140 cm³/mol. The Balaban J connectivity index is 1.57. The average Bonchev–Trinajstić information content (AvgIpc) is 3.19. The number of ether oxygens (including phenoxy) is 3. The summed E-state index contributed by atoms with van der Waals surface area (Å²) in [6.45, 7) is 2.32. The monoisotopic (exact) mass is 604 g/mol. The summed E-state index contributed by atoms with van der Waals surface area (Å²) >= 11 is 8.68. The first kappa shape index (κ1) is 24.7. The maximum absolute atomic E-state index is 12.4. The molecule has 0 fully saturated rings. The molecule has 0 unspecified atom stereocenters. The molecule has 1 aliphatic heterocycles. The van der Waals surface area contributed by atoms with Gasteiger partial charge in [-0.3, -0.25) is 10.1 Å². The number of halogens is 2. The number of hydrogen-bond acceptors (Lipinski definition) is 7. The predicted octanol–water partition coefficient (Wildman–Crippen LogP) is 6.18. The number of nitro benzene ring substituents is 1. The lowest BCUT2D eigenvalue weighted by molar-refractivity contribution is -0.384. The van der Waals surface area contributed by atoms with Crippen molar-refractivity contribution in [2.75, 3.05) is 6.61 Å². The number of non-ortho nitro benzene ring substituents is 1. The van der Waals surface area contributed by atoms with Crippen molar-refractivity contribution >= 4 is 57.8 Å². The van der Waals surface area contributed by atoms with E-state index in [9.17, 15) is 14.9 Å². The summed E-state index contributed by atoms with van der Waals surface area (Å²) in [6.07, 6.45) is 1.57. The van der Waals surface area contributed by atoms with E-state index < -0.39 is 10.9 Å². The fraction of sp³-hybridized carbons (Fsp3) is 0.120. The first-order valence-corrected chi connectivity index (χ1v) is 11.9. The normalized spacial score (nSPS) is 14.0. The molecule has 3 aromatic carbocycles. The SMILES string of the molecule is CCOc1cc(/C=C2\N=C(c3ccc(I)cc3)OC2=O)cc(Cl)c1OCc1ccc([N+](=O)[O-])cc1. The molecule has 0 N–H and O–H groups in total. The van der Waals surface area contributed by atoms with E-state index >= 15 is 0 Å². The van der Waals surface area contributed by atoms with Crippen LogP contribution in [-0.2, 0) is 16.1 Å². The minimum absolute atomic E-state index is 0.00236. The van der Waals surface area contributed by atoms with Gasteiger partial charge in [0.05, 0.1) is 16.6 Å². The Labute approximate surface area is 219 Å². The summed E-state index contributed by atoms with van der Waals surface area (Å²) in [5, 5.41) is 11.1. The summed E-state index contributed by atoms with van der Waals surface area (Å²) in [5.41, 5.74) is 2.14. The Bertz CT molecular complexity index is 1340. The van der Waals surface area contributed by atoms with E-state index in [1.54, 1.807) is 30.3 Å². The molecule has 3 aromatic rings. The molecule has 0 aromatic heterocycles. The molecule has 0 aliphatic carbocycles. The summed E-state index contributed by atoms with van der Waals surface area (Å²) in [6, 6.07) is 16.8. The lowest BCUT2D eigenvalue weighted by atomic mass is 10.1. The van der Waals surface area contributed by atoms with Gasteiger partial charge in [0.2, 0.25) is 5.90 Å². The largest absolute Gasteiger partial charge is 0.490 e. The van der Waals surface area contributed by atoms with Gasteiger partial charge in [0, 0.05) is 21.3 Å². The van der Waals surface area contributed by atoms with Crippen molar-refractivity contribution in [2.45, 2.75) is 13.5 Å². The minimum atomic E-state index is -0.564. The van der Waals surface area contributed by atoms with Gasteiger partial charge in [0.15, 0.2) is 17.2 Å². The highest BCUT2D eigenvalue weighted by atomic mass is 127. The Hall–Kier alpha value is -3.44. The minimum Gasteiger partial charge on any atom is -0.490 e. The molecule has 0 saturated carbocycles. The standard InChI is InChI=1S/C25H18ClIN2O6/c1-2-33-22-13-16(12-21-25(30)35-24(28-21)17-5-7-18(27)8-6-17)11-20(26)23(22)34-14-15-3-9-19(10-4-15)29(31)32/h3-13H,2,14H2,1H3/b21-12-. The molecule has 1 aliphatic rings. The molecule has 0 amide bonds. The van der Waals surface area contributed by atoms with Crippen LogP contribution in [0.15, 0.2) is 71.4 Å². The zero-order valence-electron chi connectivity index (χ0n) is 18.4. The molecular formula is C25H18ClIN2O6. The van der Waals surface area contributed by atoms with E-state index in [0.29, 0.717) is 29.2 Å². The summed E-state index contributed by atoms with van der Waals surface area (Å²) in [5.74, 6) is 0.385. The summed E-state index contributed by atoms with van der Waals surface area (Å²) < 4.78 is 18.0. The smallest absolute Gasteiger partial charge is 0.363 e. The van der Waals surface area contributed by atoms with Crippen molar-refractivity contribution in [3.05, 3.63) is 102 Å². The maximum Gasteiger partial charge on any atom is 0.363 e. The molecule has 178 valence electrons. The molecule has 1 heterocycles. The van der Waals surface area contributed by atoms with E-state index in [1.807, 2.05) is 31.2 Å². The Morgan fingerprint density at radius 2 is 1.83 bits per heavy atom. The third kappa shape index (κ3) is 5.98. The number of carbonyl (C=O) groups is 1. The summed E-state index contributed by atoms with van der Waals surface area (Å²) in [7, 11) is 0. The van der Waals surface area contributed by atoms with Crippen LogP contribution < -0.4 is 9.47 Å². The van der Waals surface area contributed by atoms with E-state index in [2.05, 4.69) is 27.6 Å². The number of nitrogens with zero attached hydrogens (tertiary/aromatic N) is 2. The average molecular weight is 605 g/mol. The zero-order valence-corrected chi connectivity index (χ0v) is 21.3. The third-order valence-electron chi connectivity index (χ3n) is 4.88. The van der Waals surface area contributed by atoms with Crippen LogP contribution in [0.5, 0.6) is 11.5 Å². The maximum atomic E-state index is 12.4. The molecule has 35 heavy (non-hydrogen) atoms.